The van der Waals surface area contributed by atoms with Gasteiger partial charge in [0.2, 0.25) is 6.29 Å². The fourth-order valence-electron chi connectivity index (χ4n) is 2.38. The molecule has 0 saturated carbocycles. The first-order chi connectivity index (χ1) is 8.46. The number of allylic oxidation sites excluding steroid dienone is 2. The zero-order chi connectivity index (χ0) is 13.3. The second kappa shape index (κ2) is 4.27. The van der Waals surface area contributed by atoms with Crippen LogP contribution >= 0.6 is 0 Å². The first-order valence-electron chi connectivity index (χ1n) is 5.57. The van der Waals surface area contributed by atoms with Crippen molar-refractivity contribution in [2.75, 3.05) is 19.4 Å². The maximum atomic E-state index is 11.1. The van der Waals surface area contributed by atoms with E-state index in [0.29, 0.717) is 17.8 Å². The van der Waals surface area contributed by atoms with Gasteiger partial charge in [-0.1, -0.05) is 12.1 Å². The Balaban J connectivity index is 2.59. The van der Waals surface area contributed by atoms with E-state index in [0.717, 1.165) is 17.5 Å². The SMILES string of the molecule is C[N+]1(C)C(C=O)=CCc2cccc(NC(=O)[O-])c21. The number of carboxylic acid groups (broad SMARTS) is 1. The van der Waals surface area contributed by atoms with Gasteiger partial charge in [-0.15, -0.1) is 0 Å². The van der Waals surface area contributed by atoms with Crippen molar-refractivity contribution in [2.24, 2.45) is 0 Å². The van der Waals surface area contributed by atoms with E-state index in [1.54, 1.807) is 12.1 Å². The number of amides is 1. The number of benzene rings is 1. The van der Waals surface area contributed by atoms with Gasteiger partial charge in [-0.2, -0.15) is 0 Å². The van der Waals surface area contributed by atoms with E-state index in [1.807, 2.05) is 26.2 Å². The third kappa shape index (κ3) is 1.89. The Morgan fingerprint density at radius 1 is 1.44 bits per heavy atom. The fraction of sp³-hybridized carbons (Fsp3) is 0.231. The van der Waals surface area contributed by atoms with Crippen LogP contribution in [0.4, 0.5) is 16.2 Å². The Kier molecular flexibility index (Phi) is 2.92. The summed E-state index contributed by atoms with van der Waals surface area (Å²) in [6.07, 6.45) is 1.93. The molecule has 1 aromatic carbocycles. The van der Waals surface area contributed by atoms with Crippen LogP contribution in [0.5, 0.6) is 0 Å². The Labute approximate surface area is 105 Å². The van der Waals surface area contributed by atoms with Gasteiger partial charge in [0, 0.05) is 12.0 Å². The molecule has 0 fully saturated rings. The molecular weight excluding hydrogens is 232 g/mol. The molecule has 5 nitrogen and oxygen atoms in total. The molecule has 0 radical (unpaired) electrons. The molecule has 0 bridgehead atoms. The lowest BCUT2D eigenvalue weighted by Crippen LogP contribution is -2.43. The summed E-state index contributed by atoms with van der Waals surface area (Å²) in [5.41, 5.74) is 2.85. The summed E-state index contributed by atoms with van der Waals surface area (Å²) in [7, 11) is 3.69. The van der Waals surface area contributed by atoms with Crippen LogP contribution in [0, 0.1) is 0 Å². The lowest BCUT2D eigenvalue weighted by atomic mass is 10.00. The van der Waals surface area contributed by atoms with Gasteiger partial charge in [-0.25, -0.2) is 0 Å². The molecular formula is C13H14N2O3. The summed E-state index contributed by atoms with van der Waals surface area (Å²) < 4.78 is 0.218. The minimum absolute atomic E-state index is 0.218. The van der Waals surface area contributed by atoms with Gasteiger partial charge in [-0.3, -0.25) is 9.28 Å². The minimum Gasteiger partial charge on any atom is -0.530 e. The predicted octanol–water partition coefficient (Wildman–Crippen LogP) is 0.648. The molecule has 0 unspecified atom stereocenters. The summed E-state index contributed by atoms with van der Waals surface area (Å²) in [6, 6.07) is 5.38. The van der Waals surface area contributed by atoms with Gasteiger partial charge in [0.15, 0.2) is 11.4 Å². The van der Waals surface area contributed by atoms with Crippen molar-refractivity contribution < 1.29 is 14.7 Å². The molecule has 1 aliphatic heterocycles. The Bertz CT molecular complexity index is 547. The molecule has 0 spiro atoms. The van der Waals surface area contributed by atoms with Crippen molar-refractivity contribution in [2.45, 2.75) is 6.42 Å². The van der Waals surface area contributed by atoms with Gasteiger partial charge in [-0.05, 0) is 12.1 Å². The maximum Gasteiger partial charge on any atom is 0.203 e. The largest absolute Gasteiger partial charge is 0.530 e. The number of para-hydroxylation sites is 1. The van der Waals surface area contributed by atoms with Crippen LogP contribution in [0.15, 0.2) is 30.0 Å². The monoisotopic (exact) mass is 246 g/mol. The van der Waals surface area contributed by atoms with Crippen LogP contribution in [0.25, 0.3) is 0 Å². The van der Waals surface area contributed by atoms with Crippen LogP contribution in [0.3, 0.4) is 0 Å². The number of aldehydes is 1. The van der Waals surface area contributed by atoms with Crippen molar-refractivity contribution in [3.8, 4) is 0 Å². The summed E-state index contributed by atoms with van der Waals surface area (Å²) in [5, 5.41) is 13.0. The Hall–Kier alpha value is -2.14. The molecule has 0 aromatic heterocycles. The number of nitrogens with zero attached hydrogens (tertiary/aromatic N) is 1. The zero-order valence-electron chi connectivity index (χ0n) is 10.3. The van der Waals surface area contributed by atoms with Crippen LogP contribution in [0.2, 0.25) is 0 Å². The van der Waals surface area contributed by atoms with Crippen LogP contribution in [-0.2, 0) is 11.2 Å². The lowest BCUT2D eigenvalue weighted by molar-refractivity contribution is -0.242. The quantitative estimate of drug-likeness (QED) is 0.615. The first kappa shape index (κ1) is 12.3. The molecule has 0 atom stereocenters. The fourth-order valence-corrected chi connectivity index (χ4v) is 2.38. The highest BCUT2D eigenvalue weighted by Crippen LogP contribution is 2.39. The number of rotatable bonds is 2. The van der Waals surface area contributed by atoms with Gasteiger partial charge in [0.25, 0.3) is 0 Å². The van der Waals surface area contributed by atoms with Crippen LogP contribution < -0.4 is 14.9 Å². The van der Waals surface area contributed by atoms with E-state index in [1.165, 1.54) is 0 Å². The Morgan fingerprint density at radius 2 is 2.17 bits per heavy atom. The number of hydrogen-bond donors (Lipinski definition) is 1. The number of hydrogen-bond acceptors (Lipinski definition) is 3. The third-order valence-electron chi connectivity index (χ3n) is 3.21. The molecule has 18 heavy (non-hydrogen) atoms. The molecule has 0 aliphatic carbocycles. The molecule has 1 aromatic rings. The van der Waals surface area contributed by atoms with Crippen molar-refractivity contribution in [3.05, 3.63) is 35.5 Å². The van der Waals surface area contributed by atoms with Gasteiger partial charge in [0.1, 0.15) is 11.8 Å². The number of nitrogens with one attached hydrogen (secondary N) is 1. The van der Waals surface area contributed by atoms with Crippen molar-refractivity contribution in [3.63, 3.8) is 0 Å². The molecule has 1 N–H and O–H groups in total. The van der Waals surface area contributed by atoms with E-state index in [2.05, 4.69) is 5.32 Å². The topological polar surface area (TPSA) is 69.2 Å². The van der Waals surface area contributed by atoms with Gasteiger partial charge >= 0.3 is 0 Å². The average Bonchev–Trinajstić information content (AvgIpc) is 2.27. The lowest BCUT2D eigenvalue weighted by Gasteiger charge is -2.34. The molecule has 1 aliphatic rings. The van der Waals surface area contributed by atoms with Crippen LogP contribution in [-0.4, -0.2) is 26.5 Å². The van der Waals surface area contributed by atoms with Gasteiger partial charge in [0.05, 0.1) is 14.1 Å². The van der Waals surface area contributed by atoms with Crippen molar-refractivity contribution in [1.82, 2.24) is 4.48 Å². The summed E-state index contributed by atoms with van der Waals surface area (Å²) >= 11 is 0. The number of carbonyl (C=O) groups excluding carboxylic acids is 2. The molecule has 94 valence electrons. The zero-order valence-corrected chi connectivity index (χ0v) is 10.3. The first-order valence-corrected chi connectivity index (χ1v) is 5.57. The summed E-state index contributed by atoms with van der Waals surface area (Å²) in [4.78, 5) is 21.8. The second-order valence-electron chi connectivity index (χ2n) is 4.63. The average molecular weight is 246 g/mol. The van der Waals surface area contributed by atoms with Crippen molar-refractivity contribution >= 4 is 23.8 Å². The normalized spacial score (nSPS) is 16.4. The van der Waals surface area contributed by atoms with E-state index in [4.69, 9.17) is 0 Å². The van der Waals surface area contributed by atoms with E-state index in [9.17, 15) is 14.7 Å². The number of likely N-dealkylation sites (N-methyl/N-ethyl adjacent to an activating group) is 1. The van der Waals surface area contributed by atoms with E-state index >= 15 is 0 Å². The highest BCUT2D eigenvalue weighted by atomic mass is 16.4. The smallest absolute Gasteiger partial charge is 0.203 e. The highest BCUT2D eigenvalue weighted by Gasteiger charge is 2.33. The number of fused-ring (bicyclic) bond motifs is 1. The molecule has 1 heterocycles. The Morgan fingerprint density at radius 3 is 2.78 bits per heavy atom. The number of carbonyl (C=O) groups is 2. The molecule has 2 rings (SSSR count). The van der Waals surface area contributed by atoms with Crippen molar-refractivity contribution in [1.29, 1.82) is 0 Å². The molecule has 1 amide bonds. The number of anilines is 1. The summed E-state index contributed by atoms with van der Waals surface area (Å²) in [6.45, 7) is 0. The maximum absolute atomic E-state index is 11.1. The highest BCUT2D eigenvalue weighted by molar-refractivity contribution is 5.91. The predicted molar refractivity (Wildman–Crippen MR) is 67.0 cm³/mol. The summed E-state index contributed by atoms with van der Waals surface area (Å²) in [5.74, 6) is 0. The molecule has 5 heteroatoms. The number of quaternary nitrogens is 1. The minimum atomic E-state index is -1.36. The van der Waals surface area contributed by atoms with E-state index in [-0.39, 0.29) is 4.48 Å². The standard InChI is InChI=1S/C13H14N2O3/c1-15(2)10(8-16)7-6-9-4-3-5-11(12(9)15)14-13(17)18/h3-5,7-8,14H,6H2,1-2H3. The van der Waals surface area contributed by atoms with E-state index < -0.39 is 6.09 Å². The molecule has 0 saturated heterocycles. The second-order valence-corrected chi connectivity index (χ2v) is 4.63. The third-order valence-corrected chi connectivity index (χ3v) is 3.21. The van der Waals surface area contributed by atoms with Gasteiger partial charge < -0.3 is 15.2 Å². The van der Waals surface area contributed by atoms with Crippen LogP contribution in [0.1, 0.15) is 5.56 Å².